The number of carbonyl (C=O) groups excluding carboxylic acids is 1. The fourth-order valence-electron chi connectivity index (χ4n) is 3.02. The molecule has 1 amide bonds. The molecule has 3 heterocycles. The van der Waals surface area contributed by atoms with E-state index in [0.717, 1.165) is 31.7 Å². The van der Waals surface area contributed by atoms with E-state index in [-0.39, 0.29) is 5.91 Å². The molecule has 1 saturated heterocycles. The Kier molecular flexibility index (Phi) is 4.09. The first-order valence-electron chi connectivity index (χ1n) is 7.60. The van der Waals surface area contributed by atoms with Gasteiger partial charge < -0.3 is 10.2 Å². The molecule has 1 fully saturated rings. The Morgan fingerprint density at radius 1 is 1.36 bits per heavy atom. The molecule has 6 heteroatoms. The highest BCUT2D eigenvalue weighted by Crippen LogP contribution is 2.28. The zero-order chi connectivity index (χ0) is 15.5. The van der Waals surface area contributed by atoms with Crippen LogP contribution in [0.25, 0.3) is 0 Å². The van der Waals surface area contributed by atoms with Crippen LogP contribution in [0.2, 0.25) is 0 Å². The Hall–Kier alpha value is -2.37. The molecule has 0 aliphatic carbocycles. The van der Waals surface area contributed by atoms with Crippen LogP contribution in [0.3, 0.4) is 0 Å². The summed E-state index contributed by atoms with van der Waals surface area (Å²) in [7, 11) is 3.67. The van der Waals surface area contributed by atoms with Crippen LogP contribution in [0, 0.1) is 0 Å². The number of carbonyl (C=O) groups is 1. The molecule has 0 unspecified atom stereocenters. The maximum Gasteiger partial charge on any atom is 0.272 e. The van der Waals surface area contributed by atoms with Crippen LogP contribution in [0.5, 0.6) is 0 Å². The molecule has 22 heavy (non-hydrogen) atoms. The zero-order valence-corrected chi connectivity index (χ0v) is 13.0. The lowest BCUT2D eigenvalue weighted by atomic mass is 9.91. The summed E-state index contributed by atoms with van der Waals surface area (Å²) in [4.78, 5) is 18.8. The maximum absolute atomic E-state index is 12.6. The van der Waals surface area contributed by atoms with Gasteiger partial charge in [-0.15, -0.1) is 0 Å². The van der Waals surface area contributed by atoms with Crippen molar-refractivity contribution in [3.8, 4) is 0 Å². The van der Waals surface area contributed by atoms with Gasteiger partial charge in [0.05, 0.1) is 0 Å². The van der Waals surface area contributed by atoms with E-state index >= 15 is 0 Å². The van der Waals surface area contributed by atoms with E-state index in [9.17, 15) is 4.79 Å². The van der Waals surface area contributed by atoms with Gasteiger partial charge in [-0.05, 0) is 36.6 Å². The average molecular weight is 299 g/mol. The van der Waals surface area contributed by atoms with Gasteiger partial charge in [0.25, 0.3) is 5.91 Å². The number of anilines is 1. The second kappa shape index (κ2) is 6.17. The smallest absolute Gasteiger partial charge is 0.272 e. The van der Waals surface area contributed by atoms with Gasteiger partial charge in [0.15, 0.2) is 0 Å². The molecule has 1 aliphatic heterocycles. The number of aryl methyl sites for hydroxylation is 1. The van der Waals surface area contributed by atoms with E-state index in [2.05, 4.69) is 21.5 Å². The molecule has 116 valence electrons. The Morgan fingerprint density at radius 2 is 2.23 bits per heavy atom. The molecule has 1 aliphatic rings. The van der Waals surface area contributed by atoms with Crippen molar-refractivity contribution < 1.29 is 4.79 Å². The lowest BCUT2D eigenvalue weighted by Gasteiger charge is -2.33. The van der Waals surface area contributed by atoms with Crippen LogP contribution in [-0.2, 0) is 7.05 Å². The van der Waals surface area contributed by atoms with Crippen LogP contribution < -0.4 is 5.32 Å². The van der Waals surface area contributed by atoms with Crippen LogP contribution in [-0.4, -0.2) is 45.7 Å². The first-order valence-corrected chi connectivity index (χ1v) is 7.60. The number of pyridine rings is 1. The van der Waals surface area contributed by atoms with Crippen molar-refractivity contribution in [2.45, 2.75) is 18.8 Å². The minimum atomic E-state index is 0.0626. The Balaban J connectivity index is 1.76. The van der Waals surface area contributed by atoms with Crippen molar-refractivity contribution >= 4 is 11.7 Å². The Labute approximate surface area is 130 Å². The van der Waals surface area contributed by atoms with Crippen molar-refractivity contribution in [1.29, 1.82) is 0 Å². The molecule has 2 aromatic heterocycles. The van der Waals surface area contributed by atoms with Gasteiger partial charge in [0.1, 0.15) is 11.5 Å². The van der Waals surface area contributed by atoms with E-state index in [1.807, 2.05) is 24.2 Å². The van der Waals surface area contributed by atoms with Crippen LogP contribution >= 0.6 is 0 Å². The van der Waals surface area contributed by atoms with Crippen LogP contribution in [0.1, 0.15) is 34.8 Å². The fourth-order valence-corrected chi connectivity index (χ4v) is 3.02. The lowest BCUT2D eigenvalue weighted by molar-refractivity contribution is 0.0696. The standard InChI is InChI=1S/C16H21N5O/c1-17-15-10-12(5-7-18-15)13-4-3-9-21(11-13)16(22)14-6-8-19-20(14)2/h5-8,10,13H,3-4,9,11H2,1-2H3,(H,17,18)/t13-/m0/s1. The quantitative estimate of drug-likeness (QED) is 0.940. The SMILES string of the molecule is CNc1cc([C@H]2CCCN(C(=O)c3ccnn3C)C2)ccn1. The third-order valence-electron chi connectivity index (χ3n) is 4.26. The molecule has 2 aromatic rings. The maximum atomic E-state index is 12.6. The number of nitrogens with one attached hydrogen (secondary N) is 1. The van der Waals surface area contributed by atoms with E-state index in [1.54, 1.807) is 24.0 Å². The molecule has 0 radical (unpaired) electrons. The highest BCUT2D eigenvalue weighted by Gasteiger charge is 2.26. The minimum absolute atomic E-state index is 0.0626. The average Bonchev–Trinajstić information content (AvgIpc) is 3.00. The summed E-state index contributed by atoms with van der Waals surface area (Å²) < 4.78 is 1.64. The molecule has 0 spiro atoms. The summed E-state index contributed by atoms with van der Waals surface area (Å²) in [5.74, 6) is 1.29. The van der Waals surface area contributed by atoms with E-state index < -0.39 is 0 Å². The van der Waals surface area contributed by atoms with Gasteiger partial charge in [-0.2, -0.15) is 5.10 Å². The number of piperidine rings is 1. The molecule has 1 atom stereocenters. The highest BCUT2D eigenvalue weighted by molar-refractivity contribution is 5.92. The van der Waals surface area contributed by atoms with Crippen molar-refractivity contribution in [2.75, 3.05) is 25.5 Å². The van der Waals surface area contributed by atoms with Crippen molar-refractivity contribution in [3.63, 3.8) is 0 Å². The predicted octanol–water partition coefficient (Wildman–Crippen LogP) is 1.88. The van der Waals surface area contributed by atoms with E-state index in [0.29, 0.717) is 11.6 Å². The van der Waals surface area contributed by atoms with Crippen LogP contribution in [0.4, 0.5) is 5.82 Å². The number of hydrogen-bond donors (Lipinski definition) is 1. The fraction of sp³-hybridized carbons (Fsp3) is 0.438. The van der Waals surface area contributed by atoms with E-state index in [1.165, 1.54) is 5.56 Å². The molecule has 6 nitrogen and oxygen atoms in total. The van der Waals surface area contributed by atoms with Gasteiger partial charge >= 0.3 is 0 Å². The summed E-state index contributed by atoms with van der Waals surface area (Å²) >= 11 is 0. The van der Waals surface area contributed by atoms with Gasteiger partial charge in [-0.1, -0.05) is 0 Å². The first kappa shape index (κ1) is 14.6. The normalized spacial score (nSPS) is 18.3. The number of amides is 1. The summed E-state index contributed by atoms with van der Waals surface area (Å²) in [5, 5.41) is 7.15. The largest absolute Gasteiger partial charge is 0.373 e. The Morgan fingerprint density at radius 3 is 2.95 bits per heavy atom. The summed E-state index contributed by atoms with van der Waals surface area (Å²) in [5.41, 5.74) is 1.88. The summed E-state index contributed by atoms with van der Waals surface area (Å²) in [6, 6.07) is 5.89. The van der Waals surface area contributed by atoms with Gasteiger partial charge in [0.2, 0.25) is 0 Å². The number of nitrogens with zero attached hydrogens (tertiary/aromatic N) is 4. The van der Waals surface area contributed by atoms with Crippen molar-refractivity contribution in [2.24, 2.45) is 7.05 Å². The molecule has 0 aromatic carbocycles. The summed E-state index contributed by atoms with van der Waals surface area (Å²) in [6.07, 6.45) is 5.60. The van der Waals surface area contributed by atoms with E-state index in [4.69, 9.17) is 0 Å². The predicted molar refractivity (Wildman–Crippen MR) is 84.9 cm³/mol. The molecular formula is C16H21N5O. The van der Waals surface area contributed by atoms with Gasteiger partial charge in [-0.25, -0.2) is 4.98 Å². The second-order valence-corrected chi connectivity index (χ2v) is 5.65. The third-order valence-corrected chi connectivity index (χ3v) is 4.26. The molecule has 1 N–H and O–H groups in total. The summed E-state index contributed by atoms with van der Waals surface area (Å²) in [6.45, 7) is 1.56. The minimum Gasteiger partial charge on any atom is -0.373 e. The third kappa shape index (κ3) is 2.81. The first-order chi connectivity index (χ1) is 10.7. The van der Waals surface area contributed by atoms with Crippen molar-refractivity contribution in [1.82, 2.24) is 19.7 Å². The zero-order valence-electron chi connectivity index (χ0n) is 13.0. The number of rotatable bonds is 3. The lowest BCUT2D eigenvalue weighted by Crippen LogP contribution is -2.39. The number of aromatic nitrogens is 3. The molecular weight excluding hydrogens is 278 g/mol. The number of hydrogen-bond acceptors (Lipinski definition) is 4. The highest BCUT2D eigenvalue weighted by atomic mass is 16.2. The molecule has 0 bridgehead atoms. The van der Waals surface area contributed by atoms with Crippen LogP contribution in [0.15, 0.2) is 30.6 Å². The second-order valence-electron chi connectivity index (χ2n) is 5.65. The van der Waals surface area contributed by atoms with Gasteiger partial charge in [0, 0.05) is 45.5 Å². The number of likely N-dealkylation sites (tertiary alicyclic amines) is 1. The molecule has 3 rings (SSSR count). The Bertz CT molecular complexity index is 666. The molecule has 0 saturated carbocycles. The van der Waals surface area contributed by atoms with Gasteiger partial charge in [-0.3, -0.25) is 9.48 Å². The van der Waals surface area contributed by atoms with Crippen molar-refractivity contribution in [3.05, 3.63) is 41.9 Å². The topological polar surface area (TPSA) is 63.1 Å². The monoisotopic (exact) mass is 299 g/mol.